The van der Waals surface area contributed by atoms with E-state index in [1.807, 2.05) is 7.05 Å². The number of piperidine rings is 1. The van der Waals surface area contributed by atoms with E-state index in [-0.39, 0.29) is 0 Å². The fourth-order valence-corrected chi connectivity index (χ4v) is 2.74. The van der Waals surface area contributed by atoms with E-state index in [4.69, 9.17) is 4.42 Å². The summed E-state index contributed by atoms with van der Waals surface area (Å²) in [5.41, 5.74) is 1.79. The highest BCUT2D eigenvalue weighted by atomic mass is 16.3. The van der Waals surface area contributed by atoms with Gasteiger partial charge in [0.25, 0.3) is 0 Å². The van der Waals surface area contributed by atoms with Crippen molar-refractivity contribution in [3.63, 3.8) is 0 Å². The molecular formula is C14H24N2O. The molecule has 0 spiro atoms. The molecule has 0 unspecified atom stereocenters. The van der Waals surface area contributed by atoms with Crippen LogP contribution < -0.4 is 5.32 Å². The van der Waals surface area contributed by atoms with Gasteiger partial charge in [-0.1, -0.05) is 13.8 Å². The number of rotatable bonds is 4. The van der Waals surface area contributed by atoms with Gasteiger partial charge in [0.05, 0.1) is 12.8 Å². The lowest BCUT2D eigenvalue weighted by Gasteiger charge is -2.38. The zero-order valence-electron chi connectivity index (χ0n) is 11.3. The van der Waals surface area contributed by atoms with E-state index in [2.05, 4.69) is 30.1 Å². The molecule has 1 aromatic rings. The normalized spacial score (nSPS) is 20.6. The zero-order valence-corrected chi connectivity index (χ0v) is 11.3. The predicted molar refractivity (Wildman–Crippen MR) is 69.8 cm³/mol. The Morgan fingerprint density at radius 2 is 2.29 bits per heavy atom. The van der Waals surface area contributed by atoms with Crippen LogP contribution in [0.15, 0.2) is 16.7 Å². The molecule has 0 amide bonds. The SMILES string of the molecule is CNCc1occc1CN1CCCC(C)(C)C1. The molecule has 96 valence electrons. The summed E-state index contributed by atoms with van der Waals surface area (Å²) in [5, 5.41) is 3.15. The molecule has 3 nitrogen and oxygen atoms in total. The second kappa shape index (κ2) is 5.23. The van der Waals surface area contributed by atoms with Crippen molar-refractivity contribution in [1.29, 1.82) is 0 Å². The first-order valence-corrected chi connectivity index (χ1v) is 6.53. The van der Waals surface area contributed by atoms with Crippen LogP contribution in [0.4, 0.5) is 0 Å². The molecule has 0 saturated carbocycles. The lowest BCUT2D eigenvalue weighted by Crippen LogP contribution is -2.39. The van der Waals surface area contributed by atoms with Gasteiger partial charge in [-0.05, 0) is 37.9 Å². The first-order valence-electron chi connectivity index (χ1n) is 6.53. The van der Waals surface area contributed by atoms with Crippen LogP contribution in [0.3, 0.4) is 0 Å². The van der Waals surface area contributed by atoms with Gasteiger partial charge in [0, 0.05) is 18.7 Å². The Balaban J connectivity index is 1.98. The van der Waals surface area contributed by atoms with Crippen LogP contribution in [0, 0.1) is 5.41 Å². The van der Waals surface area contributed by atoms with Crippen molar-refractivity contribution in [3.05, 3.63) is 23.7 Å². The Bertz CT molecular complexity index is 357. The molecule has 0 atom stereocenters. The van der Waals surface area contributed by atoms with Crippen LogP contribution in [0.2, 0.25) is 0 Å². The largest absolute Gasteiger partial charge is 0.468 e. The lowest BCUT2D eigenvalue weighted by molar-refractivity contribution is 0.111. The Hall–Kier alpha value is -0.800. The van der Waals surface area contributed by atoms with E-state index < -0.39 is 0 Å². The minimum absolute atomic E-state index is 0.463. The third-order valence-corrected chi connectivity index (χ3v) is 3.55. The van der Waals surface area contributed by atoms with Crippen LogP contribution >= 0.6 is 0 Å². The molecule has 1 aliphatic rings. The molecule has 1 aromatic heterocycles. The minimum atomic E-state index is 0.463. The third-order valence-electron chi connectivity index (χ3n) is 3.55. The molecule has 1 saturated heterocycles. The number of hydrogen-bond donors (Lipinski definition) is 1. The summed E-state index contributed by atoms with van der Waals surface area (Å²) < 4.78 is 5.51. The van der Waals surface area contributed by atoms with Crippen molar-refractivity contribution in [1.82, 2.24) is 10.2 Å². The average Bonchev–Trinajstić information content (AvgIpc) is 2.65. The van der Waals surface area contributed by atoms with E-state index in [0.29, 0.717) is 5.41 Å². The van der Waals surface area contributed by atoms with Gasteiger partial charge < -0.3 is 9.73 Å². The summed E-state index contributed by atoms with van der Waals surface area (Å²) in [6.07, 6.45) is 4.46. The van der Waals surface area contributed by atoms with Crippen molar-refractivity contribution >= 4 is 0 Å². The number of likely N-dealkylation sites (tertiary alicyclic amines) is 1. The smallest absolute Gasteiger partial charge is 0.122 e. The first-order chi connectivity index (χ1) is 8.11. The number of nitrogens with one attached hydrogen (secondary N) is 1. The summed E-state index contributed by atoms with van der Waals surface area (Å²) in [6, 6.07) is 2.11. The van der Waals surface area contributed by atoms with Gasteiger partial charge in [0.1, 0.15) is 5.76 Å². The van der Waals surface area contributed by atoms with E-state index >= 15 is 0 Å². The van der Waals surface area contributed by atoms with Gasteiger partial charge in [-0.15, -0.1) is 0 Å². The van der Waals surface area contributed by atoms with Crippen LogP contribution in [-0.2, 0) is 13.1 Å². The van der Waals surface area contributed by atoms with Crippen LogP contribution in [0.25, 0.3) is 0 Å². The molecular weight excluding hydrogens is 212 g/mol. The number of hydrogen-bond acceptors (Lipinski definition) is 3. The Labute approximate surface area is 104 Å². The van der Waals surface area contributed by atoms with E-state index in [9.17, 15) is 0 Å². The highest BCUT2D eigenvalue weighted by Gasteiger charge is 2.26. The van der Waals surface area contributed by atoms with Crippen molar-refractivity contribution < 1.29 is 4.42 Å². The number of nitrogens with zero attached hydrogens (tertiary/aromatic N) is 1. The molecule has 0 radical (unpaired) electrons. The van der Waals surface area contributed by atoms with Crippen LogP contribution in [0.5, 0.6) is 0 Å². The molecule has 1 fully saturated rings. The second-order valence-electron chi connectivity index (χ2n) is 5.88. The molecule has 2 heterocycles. The summed E-state index contributed by atoms with van der Waals surface area (Å²) >= 11 is 0. The maximum Gasteiger partial charge on any atom is 0.122 e. The van der Waals surface area contributed by atoms with Gasteiger partial charge in [0.15, 0.2) is 0 Å². The molecule has 0 bridgehead atoms. The summed E-state index contributed by atoms with van der Waals surface area (Å²) in [6.45, 7) is 8.98. The molecule has 3 heteroatoms. The average molecular weight is 236 g/mol. The quantitative estimate of drug-likeness (QED) is 0.871. The van der Waals surface area contributed by atoms with Gasteiger partial charge in [-0.25, -0.2) is 0 Å². The molecule has 1 aliphatic heterocycles. The predicted octanol–water partition coefficient (Wildman–Crippen LogP) is 2.62. The van der Waals surface area contributed by atoms with Crippen molar-refractivity contribution in [2.45, 2.75) is 39.8 Å². The molecule has 2 rings (SSSR count). The standard InChI is InChI=1S/C14H24N2O/c1-14(2)6-4-7-16(11-14)10-12-5-8-17-13(12)9-15-3/h5,8,15H,4,6-7,9-11H2,1-3H3. The van der Waals surface area contributed by atoms with E-state index in [0.717, 1.165) is 18.8 Å². The minimum Gasteiger partial charge on any atom is -0.468 e. The summed E-state index contributed by atoms with van der Waals surface area (Å²) in [4.78, 5) is 2.55. The van der Waals surface area contributed by atoms with E-state index in [1.54, 1.807) is 6.26 Å². The van der Waals surface area contributed by atoms with E-state index in [1.165, 1.54) is 31.5 Å². The van der Waals surface area contributed by atoms with Gasteiger partial charge in [-0.3, -0.25) is 4.90 Å². The molecule has 0 aliphatic carbocycles. The fraction of sp³-hybridized carbons (Fsp3) is 0.714. The van der Waals surface area contributed by atoms with Gasteiger partial charge in [0.2, 0.25) is 0 Å². The third kappa shape index (κ3) is 3.33. The summed E-state index contributed by atoms with van der Waals surface area (Å²) in [5.74, 6) is 1.08. The van der Waals surface area contributed by atoms with Crippen molar-refractivity contribution in [2.24, 2.45) is 5.41 Å². The van der Waals surface area contributed by atoms with Crippen molar-refractivity contribution in [3.8, 4) is 0 Å². The zero-order chi connectivity index (χ0) is 12.3. The lowest BCUT2D eigenvalue weighted by atomic mass is 9.84. The Kier molecular flexibility index (Phi) is 3.89. The molecule has 0 aromatic carbocycles. The highest BCUT2D eigenvalue weighted by molar-refractivity contribution is 5.17. The maximum atomic E-state index is 5.51. The topological polar surface area (TPSA) is 28.4 Å². The van der Waals surface area contributed by atoms with Gasteiger partial charge >= 0.3 is 0 Å². The van der Waals surface area contributed by atoms with Crippen LogP contribution in [0.1, 0.15) is 38.0 Å². The fourth-order valence-electron chi connectivity index (χ4n) is 2.74. The summed E-state index contributed by atoms with van der Waals surface area (Å²) in [7, 11) is 1.95. The highest BCUT2D eigenvalue weighted by Crippen LogP contribution is 2.29. The second-order valence-corrected chi connectivity index (χ2v) is 5.88. The Morgan fingerprint density at radius 3 is 3.00 bits per heavy atom. The molecule has 17 heavy (non-hydrogen) atoms. The van der Waals surface area contributed by atoms with Crippen LogP contribution in [-0.4, -0.2) is 25.0 Å². The van der Waals surface area contributed by atoms with Gasteiger partial charge in [-0.2, -0.15) is 0 Å². The van der Waals surface area contributed by atoms with Crippen molar-refractivity contribution in [2.75, 3.05) is 20.1 Å². The monoisotopic (exact) mass is 236 g/mol. The Morgan fingerprint density at radius 1 is 1.47 bits per heavy atom. The maximum absolute atomic E-state index is 5.51. The molecule has 1 N–H and O–H groups in total. The number of furan rings is 1. The first kappa shape index (κ1) is 12.7.